The van der Waals surface area contributed by atoms with Gasteiger partial charge in [-0.05, 0) is 24.3 Å². The highest BCUT2D eigenvalue weighted by molar-refractivity contribution is 8.00. The minimum absolute atomic E-state index is 0.0573. The van der Waals surface area contributed by atoms with E-state index in [9.17, 15) is 4.79 Å². The molecule has 106 valence electrons. The highest BCUT2D eigenvalue weighted by atomic mass is 35.5. The van der Waals surface area contributed by atoms with Gasteiger partial charge in [-0.2, -0.15) is 5.10 Å². The van der Waals surface area contributed by atoms with Crippen LogP contribution in [0, 0.1) is 0 Å². The third kappa shape index (κ3) is 2.84. The van der Waals surface area contributed by atoms with Gasteiger partial charge in [0.1, 0.15) is 11.4 Å². The predicted octanol–water partition coefficient (Wildman–Crippen LogP) is 2.65. The van der Waals surface area contributed by atoms with E-state index in [-0.39, 0.29) is 5.75 Å². The Balaban J connectivity index is 2.04. The van der Waals surface area contributed by atoms with Crippen molar-refractivity contribution >= 4 is 40.4 Å². The largest absolute Gasteiger partial charge is 0.481 e. The normalized spacial score (nSPS) is 10.9. The van der Waals surface area contributed by atoms with Crippen molar-refractivity contribution in [2.24, 2.45) is 0 Å². The molecule has 1 aromatic carbocycles. The number of carboxylic acids is 1. The summed E-state index contributed by atoms with van der Waals surface area (Å²) in [6.45, 7) is 0. The summed E-state index contributed by atoms with van der Waals surface area (Å²) in [5.41, 5.74) is 1.45. The predicted molar refractivity (Wildman–Crippen MR) is 80.0 cm³/mol. The Kier molecular flexibility index (Phi) is 3.76. The molecule has 0 aliphatic carbocycles. The molecule has 0 bridgehead atoms. The maximum absolute atomic E-state index is 10.7. The summed E-state index contributed by atoms with van der Waals surface area (Å²) in [5, 5.41) is 15.0. The zero-order chi connectivity index (χ0) is 14.8. The minimum atomic E-state index is -0.892. The van der Waals surface area contributed by atoms with E-state index in [0.29, 0.717) is 15.7 Å². The Morgan fingerprint density at radius 2 is 2.05 bits per heavy atom. The van der Waals surface area contributed by atoms with Crippen LogP contribution in [0.3, 0.4) is 0 Å². The number of rotatable bonds is 4. The molecule has 0 unspecified atom stereocenters. The number of nitrogens with zero attached hydrogens (tertiary/aromatic N) is 4. The Morgan fingerprint density at radius 3 is 2.76 bits per heavy atom. The molecule has 2 heterocycles. The van der Waals surface area contributed by atoms with E-state index in [1.807, 2.05) is 12.1 Å². The van der Waals surface area contributed by atoms with Crippen LogP contribution < -0.4 is 0 Å². The van der Waals surface area contributed by atoms with Gasteiger partial charge in [0.05, 0.1) is 23.0 Å². The second-order valence-corrected chi connectivity index (χ2v) is 5.53. The molecule has 0 saturated heterocycles. The van der Waals surface area contributed by atoms with Gasteiger partial charge in [0.15, 0.2) is 5.65 Å². The molecule has 0 spiro atoms. The highest BCUT2D eigenvalue weighted by Gasteiger charge is 2.12. The molecule has 0 saturated carbocycles. The lowest BCUT2D eigenvalue weighted by molar-refractivity contribution is -0.133. The Hall–Kier alpha value is -2.12. The molecule has 6 nitrogen and oxygen atoms in total. The van der Waals surface area contributed by atoms with Gasteiger partial charge < -0.3 is 5.11 Å². The zero-order valence-corrected chi connectivity index (χ0v) is 12.2. The molecule has 21 heavy (non-hydrogen) atoms. The molecule has 2 aromatic heterocycles. The van der Waals surface area contributed by atoms with Crippen molar-refractivity contribution in [2.45, 2.75) is 5.03 Å². The van der Waals surface area contributed by atoms with Crippen LogP contribution in [0.4, 0.5) is 0 Å². The third-order valence-corrected chi connectivity index (χ3v) is 3.97. The summed E-state index contributed by atoms with van der Waals surface area (Å²) in [4.78, 5) is 19.0. The summed E-state index contributed by atoms with van der Waals surface area (Å²) in [6.07, 6.45) is 3.04. The molecular formula is C13H9ClN4O2S. The summed E-state index contributed by atoms with van der Waals surface area (Å²) in [5.74, 6) is -0.949. The van der Waals surface area contributed by atoms with E-state index < -0.39 is 5.97 Å². The van der Waals surface area contributed by atoms with Gasteiger partial charge in [-0.1, -0.05) is 23.4 Å². The summed E-state index contributed by atoms with van der Waals surface area (Å²) < 4.78 is 1.66. The lowest BCUT2D eigenvalue weighted by Gasteiger charge is -2.03. The molecule has 0 aliphatic heterocycles. The number of hydrogen-bond donors (Lipinski definition) is 1. The van der Waals surface area contributed by atoms with Crippen molar-refractivity contribution in [1.29, 1.82) is 0 Å². The quantitative estimate of drug-likeness (QED) is 0.588. The number of carboxylic acid groups (broad SMARTS) is 1. The van der Waals surface area contributed by atoms with Gasteiger partial charge in [-0.15, -0.1) is 0 Å². The van der Waals surface area contributed by atoms with Crippen molar-refractivity contribution in [3.8, 4) is 5.69 Å². The molecule has 3 aromatic rings. The summed E-state index contributed by atoms with van der Waals surface area (Å²) in [6, 6.07) is 7.21. The fourth-order valence-corrected chi connectivity index (χ4v) is 2.65. The van der Waals surface area contributed by atoms with Crippen LogP contribution >= 0.6 is 23.4 Å². The smallest absolute Gasteiger partial charge is 0.313 e. The van der Waals surface area contributed by atoms with Crippen LogP contribution in [-0.2, 0) is 4.79 Å². The molecule has 1 N–H and O–H groups in total. The second kappa shape index (κ2) is 5.71. The number of benzene rings is 1. The average molecular weight is 321 g/mol. The van der Waals surface area contributed by atoms with E-state index in [1.54, 1.807) is 23.0 Å². The van der Waals surface area contributed by atoms with Crippen LogP contribution in [0.2, 0.25) is 5.02 Å². The molecule has 0 fully saturated rings. The first-order valence-electron chi connectivity index (χ1n) is 5.94. The van der Waals surface area contributed by atoms with Gasteiger partial charge in [-0.3, -0.25) is 4.79 Å². The number of aliphatic carboxylic acids is 1. The van der Waals surface area contributed by atoms with E-state index in [4.69, 9.17) is 16.7 Å². The van der Waals surface area contributed by atoms with E-state index in [1.165, 1.54) is 6.33 Å². The first kappa shape index (κ1) is 13.8. The van der Waals surface area contributed by atoms with E-state index >= 15 is 0 Å². The van der Waals surface area contributed by atoms with Crippen molar-refractivity contribution < 1.29 is 9.90 Å². The average Bonchev–Trinajstić information content (AvgIpc) is 2.90. The number of carbonyl (C=O) groups is 1. The fraction of sp³-hybridized carbons (Fsp3) is 0.0769. The standard InChI is InChI=1S/C13H9ClN4O2S/c14-8-1-3-9(4-2-8)18-12-10(5-17-18)13(16-7-15-12)21-6-11(19)20/h1-5,7H,6H2,(H,19,20). The van der Waals surface area contributed by atoms with Gasteiger partial charge in [0, 0.05) is 5.02 Å². The summed E-state index contributed by atoms with van der Waals surface area (Å²) >= 11 is 7.02. The second-order valence-electron chi connectivity index (χ2n) is 4.13. The number of hydrogen-bond acceptors (Lipinski definition) is 5. The molecule has 0 aliphatic rings. The molecule has 0 atom stereocenters. The van der Waals surface area contributed by atoms with Gasteiger partial charge in [0.25, 0.3) is 0 Å². The van der Waals surface area contributed by atoms with Gasteiger partial charge in [0.2, 0.25) is 0 Å². The first-order chi connectivity index (χ1) is 10.1. The molecular weight excluding hydrogens is 312 g/mol. The number of halogens is 1. The SMILES string of the molecule is O=C(O)CSc1ncnc2c1cnn2-c1ccc(Cl)cc1. The zero-order valence-electron chi connectivity index (χ0n) is 10.6. The van der Waals surface area contributed by atoms with E-state index in [0.717, 1.165) is 22.8 Å². The Bertz CT molecular complexity index is 804. The van der Waals surface area contributed by atoms with Crippen LogP contribution in [0.25, 0.3) is 16.7 Å². The maximum atomic E-state index is 10.7. The third-order valence-electron chi connectivity index (χ3n) is 2.73. The van der Waals surface area contributed by atoms with Gasteiger partial charge >= 0.3 is 5.97 Å². The molecule has 8 heteroatoms. The van der Waals surface area contributed by atoms with Gasteiger partial charge in [-0.25, -0.2) is 14.6 Å². The Morgan fingerprint density at radius 1 is 1.29 bits per heavy atom. The molecule has 0 radical (unpaired) electrons. The van der Waals surface area contributed by atoms with Crippen LogP contribution in [-0.4, -0.2) is 36.6 Å². The number of thioether (sulfide) groups is 1. The van der Waals surface area contributed by atoms with Crippen LogP contribution in [0.5, 0.6) is 0 Å². The lowest BCUT2D eigenvalue weighted by atomic mass is 10.3. The number of fused-ring (bicyclic) bond motifs is 1. The monoisotopic (exact) mass is 320 g/mol. The minimum Gasteiger partial charge on any atom is -0.481 e. The first-order valence-corrected chi connectivity index (χ1v) is 7.31. The van der Waals surface area contributed by atoms with Crippen molar-refractivity contribution in [3.63, 3.8) is 0 Å². The molecule has 3 rings (SSSR count). The number of aromatic nitrogens is 4. The summed E-state index contributed by atoms with van der Waals surface area (Å²) in [7, 11) is 0. The molecule has 0 amide bonds. The van der Waals surface area contributed by atoms with Crippen molar-refractivity contribution in [3.05, 3.63) is 41.8 Å². The highest BCUT2D eigenvalue weighted by Crippen LogP contribution is 2.25. The lowest BCUT2D eigenvalue weighted by Crippen LogP contribution is -2.00. The maximum Gasteiger partial charge on any atom is 0.313 e. The Labute approximate surface area is 128 Å². The van der Waals surface area contributed by atoms with Crippen molar-refractivity contribution in [2.75, 3.05) is 5.75 Å². The van der Waals surface area contributed by atoms with Crippen LogP contribution in [0.1, 0.15) is 0 Å². The van der Waals surface area contributed by atoms with Crippen LogP contribution in [0.15, 0.2) is 41.8 Å². The fourth-order valence-electron chi connectivity index (χ4n) is 1.84. The van der Waals surface area contributed by atoms with E-state index in [2.05, 4.69) is 15.1 Å². The van der Waals surface area contributed by atoms with Crippen molar-refractivity contribution in [1.82, 2.24) is 19.7 Å². The topological polar surface area (TPSA) is 80.9 Å².